The lowest BCUT2D eigenvalue weighted by atomic mass is 9.98. The van der Waals surface area contributed by atoms with Crippen LogP contribution in [0.1, 0.15) is 27.0 Å². The topological polar surface area (TPSA) is 60.2 Å². The monoisotopic (exact) mass is 317 g/mol. The molecule has 0 unspecified atom stereocenters. The number of nitrogens with two attached hydrogens (primary N) is 1. The molecule has 1 aliphatic rings. The summed E-state index contributed by atoms with van der Waals surface area (Å²) in [7, 11) is 0. The Labute approximate surface area is 131 Å². The molecule has 2 N–H and O–H groups in total. The Morgan fingerprint density at radius 1 is 1.18 bits per heavy atom. The zero-order chi connectivity index (χ0) is 15.9. The summed E-state index contributed by atoms with van der Waals surface area (Å²) in [4.78, 5) is 23.8. The zero-order valence-electron chi connectivity index (χ0n) is 11.7. The largest absolute Gasteiger partial charge is 0.398 e. The highest BCUT2D eigenvalue weighted by molar-refractivity contribution is 6.31. The molecule has 0 atom stereocenters. The molecule has 5 heteroatoms. The lowest BCUT2D eigenvalue weighted by molar-refractivity contribution is -0.117. The summed E-state index contributed by atoms with van der Waals surface area (Å²) in [6, 6.07) is 7.74. The van der Waals surface area contributed by atoms with Gasteiger partial charge in [0.2, 0.25) is 0 Å². The summed E-state index contributed by atoms with van der Waals surface area (Å²) in [5.74, 6) is -0.614. The normalized spacial score (nSPS) is 13.3. The number of halogens is 2. The maximum Gasteiger partial charge on any atom is 0.167 e. The van der Waals surface area contributed by atoms with E-state index in [-0.39, 0.29) is 28.7 Å². The minimum absolute atomic E-state index is 0.00729. The van der Waals surface area contributed by atoms with Crippen LogP contribution in [0, 0.1) is 5.82 Å². The predicted octanol–water partition coefficient (Wildman–Crippen LogP) is 3.15. The van der Waals surface area contributed by atoms with E-state index in [1.165, 1.54) is 12.1 Å². The van der Waals surface area contributed by atoms with Gasteiger partial charge in [-0.15, -0.1) is 0 Å². The van der Waals surface area contributed by atoms with Gasteiger partial charge in [0.15, 0.2) is 5.78 Å². The van der Waals surface area contributed by atoms with Gasteiger partial charge in [-0.05, 0) is 34.9 Å². The first-order valence-corrected chi connectivity index (χ1v) is 7.22. The minimum Gasteiger partial charge on any atom is -0.398 e. The van der Waals surface area contributed by atoms with Crippen LogP contribution in [-0.2, 0) is 24.1 Å². The van der Waals surface area contributed by atoms with Gasteiger partial charge < -0.3 is 5.73 Å². The fourth-order valence-electron chi connectivity index (χ4n) is 2.66. The molecule has 0 spiro atoms. The number of fused-ring (bicyclic) bond motifs is 1. The van der Waals surface area contributed by atoms with Gasteiger partial charge in [0.1, 0.15) is 11.6 Å². The summed E-state index contributed by atoms with van der Waals surface area (Å²) in [5.41, 5.74) is 8.84. The molecule has 3 nitrogen and oxygen atoms in total. The van der Waals surface area contributed by atoms with Gasteiger partial charge in [0.05, 0.1) is 5.02 Å². The van der Waals surface area contributed by atoms with Crippen LogP contribution in [0.4, 0.5) is 10.1 Å². The van der Waals surface area contributed by atoms with E-state index in [0.717, 1.165) is 11.1 Å². The summed E-state index contributed by atoms with van der Waals surface area (Å²) >= 11 is 5.65. The third-order valence-electron chi connectivity index (χ3n) is 3.84. The SMILES string of the molecule is Nc1cc(Cl)c(F)cc1CC(=O)c1ccc2c(c1)CC(=O)C2. The van der Waals surface area contributed by atoms with Crippen LogP contribution in [0.2, 0.25) is 5.02 Å². The van der Waals surface area contributed by atoms with Gasteiger partial charge >= 0.3 is 0 Å². The molecule has 0 radical (unpaired) electrons. The molecule has 2 aromatic rings. The van der Waals surface area contributed by atoms with Crippen molar-refractivity contribution in [3.8, 4) is 0 Å². The number of hydrogen-bond donors (Lipinski definition) is 1. The van der Waals surface area contributed by atoms with Gasteiger partial charge in [0.25, 0.3) is 0 Å². The maximum absolute atomic E-state index is 13.5. The first kappa shape index (κ1) is 14.7. The molecule has 1 aliphatic carbocycles. The first-order valence-electron chi connectivity index (χ1n) is 6.84. The third-order valence-corrected chi connectivity index (χ3v) is 4.13. The second kappa shape index (κ2) is 5.54. The average molecular weight is 318 g/mol. The number of carbonyl (C=O) groups is 2. The fourth-order valence-corrected chi connectivity index (χ4v) is 2.83. The van der Waals surface area contributed by atoms with Crippen molar-refractivity contribution in [3.05, 3.63) is 63.4 Å². The van der Waals surface area contributed by atoms with Crippen LogP contribution in [0.3, 0.4) is 0 Å². The summed E-state index contributed by atoms with van der Waals surface area (Å²) in [6.07, 6.45) is 0.792. The molecular weight excluding hydrogens is 305 g/mol. The van der Waals surface area contributed by atoms with E-state index in [1.807, 2.05) is 0 Å². The van der Waals surface area contributed by atoms with Crippen molar-refractivity contribution in [3.63, 3.8) is 0 Å². The van der Waals surface area contributed by atoms with Crippen LogP contribution < -0.4 is 5.73 Å². The number of carbonyl (C=O) groups excluding carboxylic acids is 2. The number of anilines is 1. The Morgan fingerprint density at radius 2 is 1.91 bits per heavy atom. The lowest BCUT2D eigenvalue weighted by Crippen LogP contribution is -2.07. The summed E-state index contributed by atoms with van der Waals surface area (Å²) < 4.78 is 13.5. The molecule has 0 fully saturated rings. The second-order valence-electron chi connectivity index (χ2n) is 5.44. The highest BCUT2D eigenvalue weighted by Crippen LogP contribution is 2.25. The van der Waals surface area contributed by atoms with Gasteiger partial charge in [-0.25, -0.2) is 4.39 Å². The molecule has 0 aliphatic heterocycles. The maximum atomic E-state index is 13.5. The molecule has 3 rings (SSSR count). The highest BCUT2D eigenvalue weighted by Gasteiger charge is 2.20. The molecule has 0 bridgehead atoms. The quantitative estimate of drug-likeness (QED) is 0.699. The number of benzene rings is 2. The Morgan fingerprint density at radius 3 is 2.68 bits per heavy atom. The Hall–Kier alpha value is -2.20. The third kappa shape index (κ3) is 2.74. The van der Waals surface area contributed by atoms with Crippen molar-refractivity contribution in [2.75, 3.05) is 5.73 Å². The highest BCUT2D eigenvalue weighted by atomic mass is 35.5. The molecule has 0 heterocycles. The lowest BCUT2D eigenvalue weighted by Gasteiger charge is -2.08. The number of nitrogen functional groups attached to an aromatic ring is 1. The van der Waals surface area contributed by atoms with Crippen LogP contribution in [0.25, 0.3) is 0 Å². The average Bonchev–Trinajstić information content (AvgIpc) is 2.83. The van der Waals surface area contributed by atoms with Crippen LogP contribution in [-0.4, -0.2) is 11.6 Å². The van der Waals surface area contributed by atoms with Gasteiger partial charge in [-0.1, -0.05) is 23.7 Å². The molecular formula is C17H13ClFNO2. The van der Waals surface area contributed by atoms with E-state index >= 15 is 0 Å². The predicted molar refractivity (Wildman–Crippen MR) is 82.7 cm³/mol. The zero-order valence-corrected chi connectivity index (χ0v) is 12.4. The number of Topliss-reactive ketones (excluding diaryl/α,β-unsaturated/α-hetero) is 2. The molecule has 2 aromatic carbocycles. The van der Waals surface area contributed by atoms with E-state index < -0.39 is 5.82 Å². The van der Waals surface area contributed by atoms with Crippen molar-refractivity contribution in [1.82, 2.24) is 0 Å². The summed E-state index contributed by atoms with van der Waals surface area (Å²) in [5, 5.41) is -0.0651. The Balaban J connectivity index is 1.85. The van der Waals surface area contributed by atoms with Crippen LogP contribution in [0.5, 0.6) is 0 Å². The molecule has 22 heavy (non-hydrogen) atoms. The first-order chi connectivity index (χ1) is 10.4. The van der Waals surface area contributed by atoms with E-state index in [9.17, 15) is 14.0 Å². The number of rotatable bonds is 3. The van der Waals surface area contributed by atoms with Crippen LogP contribution >= 0.6 is 11.6 Å². The van der Waals surface area contributed by atoms with Gasteiger partial charge in [-0.2, -0.15) is 0 Å². The Kier molecular flexibility index (Phi) is 3.71. The van der Waals surface area contributed by atoms with Gasteiger partial charge in [-0.3, -0.25) is 9.59 Å². The van der Waals surface area contributed by atoms with E-state index in [4.69, 9.17) is 17.3 Å². The van der Waals surface area contributed by atoms with Crippen molar-refractivity contribution >= 4 is 28.9 Å². The van der Waals surface area contributed by atoms with Crippen molar-refractivity contribution in [2.45, 2.75) is 19.3 Å². The van der Waals surface area contributed by atoms with E-state index in [1.54, 1.807) is 18.2 Å². The molecule has 0 saturated heterocycles. The molecule has 0 saturated carbocycles. The van der Waals surface area contributed by atoms with E-state index in [0.29, 0.717) is 24.0 Å². The fraction of sp³-hybridized carbons (Fsp3) is 0.176. The Bertz CT molecular complexity index is 801. The molecule has 112 valence electrons. The number of ketones is 2. The van der Waals surface area contributed by atoms with E-state index in [2.05, 4.69) is 0 Å². The second-order valence-corrected chi connectivity index (χ2v) is 5.85. The standard InChI is InChI=1S/C17H13ClFNO2/c18-14-8-16(20)12(6-15(14)19)7-17(22)10-2-1-9-4-13(21)5-11(9)3-10/h1-3,6,8H,4-5,7,20H2. The van der Waals surface area contributed by atoms with Crippen LogP contribution in [0.15, 0.2) is 30.3 Å². The summed E-state index contributed by atoms with van der Waals surface area (Å²) in [6.45, 7) is 0. The van der Waals surface area contributed by atoms with Gasteiger partial charge in [0, 0.05) is 30.5 Å². The van der Waals surface area contributed by atoms with Crippen molar-refractivity contribution in [1.29, 1.82) is 0 Å². The number of hydrogen-bond acceptors (Lipinski definition) is 3. The molecule has 0 amide bonds. The molecule has 0 aromatic heterocycles. The van der Waals surface area contributed by atoms with Crippen molar-refractivity contribution < 1.29 is 14.0 Å². The van der Waals surface area contributed by atoms with Crippen molar-refractivity contribution in [2.24, 2.45) is 0 Å². The smallest absolute Gasteiger partial charge is 0.167 e. The minimum atomic E-state index is -0.599.